The summed E-state index contributed by atoms with van der Waals surface area (Å²) in [4.78, 5) is 14.6. The van der Waals surface area contributed by atoms with Crippen molar-refractivity contribution in [2.45, 2.75) is 13.5 Å². The van der Waals surface area contributed by atoms with Crippen LogP contribution in [0.1, 0.15) is 21.5 Å². The lowest BCUT2D eigenvalue weighted by Gasteiger charge is -2.07. The summed E-state index contributed by atoms with van der Waals surface area (Å²) < 4.78 is 5.51. The van der Waals surface area contributed by atoms with Gasteiger partial charge in [0.1, 0.15) is 12.4 Å². The Morgan fingerprint density at radius 2 is 2.17 bits per heavy atom. The van der Waals surface area contributed by atoms with E-state index in [9.17, 15) is 4.79 Å². The van der Waals surface area contributed by atoms with Crippen molar-refractivity contribution in [1.82, 2.24) is 4.98 Å². The first-order valence-electron chi connectivity index (χ1n) is 5.52. The number of aromatic carboxylic acids is 1. The number of aromatic nitrogens is 1. The Bertz CT molecular complexity index is 566. The van der Waals surface area contributed by atoms with Gasteiger partial charge in [-0.2, -0.15) is 0 Å². The lowest BCUT2D eigenvalue weighted by Crippen LogP contribution is -2.00. The van der Waals surface area contributed by atoms with Crippen LogP contribution < -0.4 is 4.74 Å². The molecule has 0 bridgehead atoms. The molecule has 0 aliphatic carbocycles. The second-order valence-corrected chi connectivity index (χ2v) is 3.99. The highest BCUT2D eigenvalue weighted by atomic mass is 16.5. The first-order valence-corrected chi connectivity index (χ1v) is 5.52. The predicted octanol–water partition coefficient (Wildman–Crippen LogP) is 2.67. The Morgan fingerprint density at radius 3 is 2.89 bits per heavy atom. The van der Waals surface area contributed by atoms with Crippen LogP contribution in [-0.2, 0) is 6.61 Å². The lowest BCUT2D eigenvalue weighted by atomic mass is 10.1. The van der Waals surface area contributed by atoms with E-state index in [2.05, 4.69) is 4.98 Å². The summed E-state index contributed by atoms with van der Waals surface area (Å²) in [5.41, 5.74) is 2.32. The van der Waals surface area contributed by atoms with Crippen molar-refractivity contribution < 1.29 is 14.6 Å². The summed E-state index contributed by atoms with van der Waals surface area (Å²) in [6.45, 7) is 2.41. The molecule has 0 saturated heterocycles. The fraction of sp³-hybridized carbons (Fsp3) is 0.143. The molecule has 92 valence electrons. The van der Waals surface area contributed by atoms with E-state index in [0.29, 0.717) is 12.4 Å². The van der Waals surface area contributed by atoms with Crippen LogP contribution in [0.15, 0.2) is 42.7 Å². The topological polar surface area (TPSA) is 59.4 Å². The molecule has 0 unspecified atom stereocenters. The quantitative estimate of drug-likeness (QED) is 0.896. The SMILES string of the molecule is Cc1cccc(COc2cncc(C(=O)O)c2)c1. The van der Waals surface area contributed by atoms with Gasteiger partial charge in [-0.05, 0) is 18.6 Å². The monoisotopic (exact) mass is 243 g/mol. The number of carboxylic acid groups (broad SMARTS) is 1. The minimum absolute atomic E-state index is 0.122. The summed E-state index contributed by atoms with van der Waals surface area (Å²) in [7, 11) is 0. The van der Waals surface area contributed by atoms with E-state index >= 15 is 0 Å². The van der Waals surface area contributed by atoms with Gasteiger partial charge in [0.2, 0.25) is 0 Å². The van der Waals surface area contributed by atoms with Crippen molar-refractivity contribution in [3.63, 3.8) is 0 Å². The van der Waals surface area contributed by atoms with E-state index in [-0.39, 0.29) is 5.56 Å². The van der Waals surface area contributed by atoms with Gasteiger partial charge in [-0.1, -0.05) is 29.8 Å². The molecule has 0 spiro atoms. The fourth-order valence-corrected chi connectivity index (χ4v) is 1.58. The molecule has 0 aliphatic heterocycles. The highest BCUT2D eigenvalue weighted by Crippen LogP contribution is 2.14. The summed E-state index contributed by atoms with van der Waals surface area (Å²) >= 11 is 0. The number of carbonyl (C=O) groups is 1. The molecule has 2 aromatic rings. The Morgan fingerprint density at radius 1 is 1.33 bits per heavy atom. The number of hydrogen-bond donors (Lipinski definition) is 1. The molecule has 0 atom stereocenters. The molecule has 0 radical (unpaired) electrons. The number of rotatable bonds is 4. The van der Waals surface area contributed by atoms with Gasteiger partial charge in [0.05, 0.1) is 11.8 Å². The van der Waals surface area contributed by atoms with Crippen LogP contribution in [0.5, 0.6) is 5.75 Å². The van der Waals surface area contributed by atoms with Crippen LogP contribution in [-0.4, -0.2) is 16.1 Å². The Kier molecular flexibility index (Phi) is 3.57. The lowest BCUT2D eigenvalue weighted by molar-refractivity contribution is 0.0696. The second kappa shape index (κ2) is 5.31. The number of carboxylic acids is 1. The number of aryl methyl sites for hydroxylation is 1. The predicted molar refractivity (Wildman–Crippen MR) is 66.7 cm³/mol. The Hall–Kier alpha value is -2.36. The molecule has 0 aliphatic rings. The normalized spacial score (nSPS) is 10.1. The average Bonchev–Trinajstić information content (AvgIpc) is 2.37. The number of ether oxygens (including phenoxy) is 1. The van der Waals surface area contributed by atoms with E-state index in [1.807, 2.05) is 31.2 Å². The van der Waals surface area contributed by atoms with Gasteiger partial charge in [-0.25, -0.2) is 4.79 Å². The summed E-state index contributed by atoms with van der Waals surface area (Å²) in [6, 6.07) is 9.41. The van der Waals surface area contributed by atoms with Crippen molar-refractivity contribution >= 4 is 5.97 Å². The standard InChI is InChI=1S/C14H13NO3/c1-10-3-2-4-11(5-10)9-18-13-6-12(14(16)17)7-15-8-13/h2-8H,9H2,1H3,(H,16,17). The first kappa shape index (κ1) is 12.1. The molecular weight excluding hydrogens is 230 g/mol. The zero-order valence-corrected chi connectivity index (χ0v) is 9.96. The van der Waals surface area contributed by atoms with Gasteiger partial charge in [0.15, 0.2) is 0 Å². The van der Waals surface area contributed by atoms with Crippen LogP contribution in [0, 0.1) is 6.92 Å². The van der Waals surface area contributed by atoms with Gasteiger partial charge in [0, 0.05) is 6.20 Å². The molecule has 1 N–H and O–H groups in total. The summed E-state index contributed by atoms with van der Waals surface area (Å²) in [5, 5.41) is 8.84. The van der Waals surface area contributed by atoms with Crippen LogP contribution >= 0.6 is 0 Å². The summed E-state index contributed by atoms with van der Waals surface area (Å²) in [6.07, 6.45) is 2.80. The first-order chi connectivity index (χ1) is 8.65. The number of hydrogen-bond acceptors (Lipinski definition) is 3. The minimum Gasteiger partial charge on any atom is -0.487 e. The minimum atomic E-state index is -1.01. The molecule has 1 heterocycles. The maximum Gasteiger partial charge on any atom is 0.337 e. The molecule has 4 heteroatoms. The van der Waals surface area contributed by atoms with Crippen LogP contribution in [0.25, 0.3) is 0 Å². The highest BCUT2D eigenvalue weighted by molar-refractivity contribution is 5.87. The number of nitrogens with zero attached hydrogens (tertiary/aromatic N) is 1. The van der Waals surface area contributed by atoms with Crippen molar-refractivity contribution in [1.29, 1.82) is 0 Å². The zero-order valence-electron chi connectivity index (χ0n) is 9.96. The molecule has 0 fully saturated rings. The second-order valence-electron chi connectivity index (χ2n) is 3.99. The molecule has 18 heavy (non-hydrogen) atoms. The van der Waals surface area contributed by atoms with Gasteiger partial charge in [0.25, 0.3) is 0 Å². The Balaban J connectivity index is 2.06. The maximum atomic E-state index is 10.8. The molecule has 1 aromatic carbocycles. The van der Waals surface area contributed by atoms with Gasteiger partial charge in [-0.15, -0.1) is 0 Å². The number of pyridine rings is 1. The van der Waals surface area contributed by atoms with Crippen LogP contribution in [0.4, 0.5) is 0 Å². The van der Waals surface area contributed by atoms with E-state index in [0.717, 1.165) is 11.1 Å². The van der Waals surface area contributed by atoms with Crippen molar-refractivity contribution in [2.24, 2.45) is 0 Å². The third-order valence-electron chi connectivity index (χ3n) is 2.45. The van der Waals surface area contributed by atoms with Crippen molar-refractivity contribution in [3.8, 4) is 5.75 Å². The number of benzene rings is 1. The van der Waals surface area contributed by atoms with E-state index in [1.54, 1.807) is 0 Å². The van der Waals surface area contributed by atoms with Crippen molar-refractivity contribution in [2.75, 3.05) is 0 Å². The highest BCUT2D eigenvalue weighted by Gasteiger charge is 2.05. The average molecular weight is 243 g/mol. The molecule has 0 saturated carbocycles. The van der Waals surface area contributed by atoms with E-state index in [1.165, 1.54) is 18.5 Å². The molecule has 2 rings (SSSR count). The van der Waals surface area contributed by atoms with Gasteiger partial charge >= 0.3 is 5.97 Å². The smallest absolute Gasteiger partial charge is 0.337 e. The van der Waals surface area contributed by atoms with E-state index < -0.39 is 5.97 Å². The Labute approximate surface area is 105 Å². The third kappa shape index (κ3) is 3.07. The van der Waals surface area contributed by atoms with Crippen LogP contribution in [0.3, 0.4) is 0 Å². The molecule has 1 aromatic heterocycles. The molecule has 4 nitrogen and oxygen atoms in total. The van der Waals surface area contributed by atoms with Crippen LogP contribution in [0.2, 0.25) is 0 Å². The zero-order chi connectivity index (χ0) is 13.0. The molecule has 0 amide bonds. The van der Waals surface area contributed by atoms with Gasteiger partial charge in [-0.3, -0.25) is 4.98 Å². The van der Waals surface area contributed by atoms with E-state index in [4.69, 9.17) is 9.84 Å². The molecular formula is C14H13NO3. The maximum absolute atomic E-state index is 10.8. The van der Waals surface area contributed by atoms with Crippen molar-refractivity contribution in [3.05, 3.63) is 59.4 Å². The fourth-order valence-electron chi connectivity index (χ4n) is 1.58. The van der Waals surface area contributed by atoms with Gasteiger partial charge < -0.3 is 9.84 Å². The summed E-state index contributed by atoms with van der Waals surface area (Å²) in [5.74, 6) is -0.556. The third-order valence-corrected chi connectivity index (χ3v) is 2.45. The largest absolute Gasteiger partial charge is 0.487 e.